The van der Waals surface area contributed by atoms with E-state index in [0.29, 0.717) is 63.1 Å². The third kappa shape index (κ3) is 7.88. The SMILES string of the molecule is CC[C@@]1(O)C(=O)OCc2c1cc1n(c2=O)Cc2c-1nc1cc(F)c(C)c3c1c2[C@@H](NC(=O)OCc1ccc(NC(=O)[C@H](CC(N)=O)NC(=O)[C@H](C)NC(=O)[C@H](C)N)cc1)CC3. The molecule has 2 aliphatic heterocycles. The quantitative estimate of drug-likeness (QED) is 0.0883. The van der Waals surface area contributed by atoms with E-state index in [9.17, 15) is 38.7 Å². The molecule has 61 heavy (non-hydrogen) atoms. The molecule has 0 spiro atoms. The maximum atomic E-state index is 15.3. The van der Waals surface area contributed by atoms with Gasteiger partial charge in [-0.2, -0.15) is 0 Å². The molecule has 3 aliphatic rings. The molecule has 19 heteroatoms. The first kappa shape index (κ1) is 42.4. The fourth-order valence-corrected chi connectivity index (χ4v) is 8.06. The number of carbonyl (C=O) groups excluding carboxylic acids is 6. The van der Waals surface area contributed by atoms with Gasteiger partial charge >= 0.3 is 12.1 Å². The Hall–Kier alpha value is -6.73. The second-order valence-electron chi connectivity index (χ2n) is 15.6. The number of hydrogen-bond donors (Lipinski definition) is 7. The Kier molecular flexibility index (Phi) is 11.4. The lowest BCUT2D eigenvalue weighted by Crippen LogP contribution is -2.54. The van der Waals surface area contributed by atoms with Crippen molar-refractivity contribution in [3.8, 4) is 11.4 Å². The number of cyclic esters (lactones) is 1. The summed E-state index contributed by atoms with van der Waals surface area (Å²) < 4.78 is 27.6. The van der Waals surface area contributed by atoms with E-state index in [2.05, 4.69) is 21.3 Å². The van der Waals surface area contributed by atoms with Gasteiger partial charge in [0.1, 0.15) is 31.1 Å². The van der Waals surface area contributed by atoms with Crippen molar-refractivity contribution in [1.82, 2.24) is 25.5 Å². The standard InChI is InChI=1S/C42H45FN8O10/c1-5-42(59)26-12-31-35-24(15-51(31)39(56)25(26)17-60-40(42)57)34-28(11-10-23-18(2)27(43)13-29(48-35)33(23)34)50-41(58)61-16-21-6-8-22(9-7-21)47-38(55)30(14-32(45)52)49-37(54)20(4)46-36(53)19(3)44/h6-9,12-13,19-20,28,30,59H,5,10-11,14-17,44H2,1-4H3,(H2,45,52)(H,46,53)(H,47,55)(H,49,54)(H,50,58)/t19-,20-,28-,30-,42-/m0/s1. The Morgan fingerprint density at radius 1 is 1.05 bits per heavy atom. The molecule has 0 saturated heterocycles. The molecule has 0 saturated carbocycles. The van der Waals surface area contributed by atoms with Crippen LogP contribution < -0.4 is 38.3 Å². The van der Waals surface area contributed by atoms with Crippen LogP contribution in [0.4, 0.5) is 14.9 Å². The summed E-state index contributed by atoms with van der Waals surface area (Å²) in [5.41, 5.74) is 13.0. The minimum absolute atomic E-state index is 0.0350. The highest BCUT2D eigenvalue weighted by Gasteiger charge is 2.46. The van der Waals surface area contributed by atoms with Crippen molar-refractivity contribution in [3.05, 3.63) is 91.5 Å². The number of nitrogens with zero attached hydrogens (tertiary/aromatic N) is 2. The number of carbonyl (C=O) groups is 6. The number of primary amides is 1. The highest BCUT2D eigenvalue weighted by Crippen LogP contribution is 2.46. The molecule has 2 aromatic carbocycles. The lowest BCUT2D eigenvalue weighted by Gasteiger charge is -2.31. The number of fused-ring (bicyclic) bond motifs is 5. The molecule has 5 amide bonds. The lowest BCUT2D eigenvalue weighted by atomic mass is 9.81. The van der Waals surface area contributed by atoms with Gasteiger partial charge in [-0.3, -0.25) is 24.0 Å². The molecule has 2 aromatic heterocycles. The topological polar surface area (TPSA) is 276 Å². The number of esters is 1. The highest BCUT2D eigenvalue weighted by atomic mass is 19.1. The number of pyridine rings is 2. The summed E-state index contributed by atoms with van der Waals surface area (Å²) in [6.45, 7) is 5.72. The van der Waals surface area contributed by atoms with Crippen molar-refractivity contribution in [3.63, 3.8) is 0 Å². The maximum absolute atomic E-state index is 15.3. The van der Waals surface area contributed by atoms with Gasteiger partial charge in [0.2, 0.25) is 23.6 Å². The van der Waals surface area contributed by atoms with Crippen molar-refractivity contribution < 1.29 is 47.7 Å². The summed E-state index contributed by atoms with van der Waals surface area (Å²) in [6, 6.07) is 5.22. The number of aromatic nitrogens is 2. The molecule has 320 valence electrons. The second-order valence-corrected chi connectivity index (χ2v) is 15.6. The van der Waals surface area contributed by atoms with Gasteiger partial charge in [-0.05, 0) is 80.5 Å². The third-order valence-electron chi connectivity index (χ3n) is 11.5. The molecule has 1 aliphatic carbocycles. The number of ether oxygens (including phenoxy) is 2. The molecule has 9 N–H and O–H groups in total. The van der Waals surface area contributed by atoms with Gasteiger partial charge in [0.15, 0.2) is 5.60 Å². The van der Waals surface area contributed by atoms with Crippen LogP contribution in [0.2, 0.25) is 0 Å². The number of nitrogens with two attached hydrogens (primary N) is 2. The van der Waals surface area contributed by atoms with Crippen LogP contribution in [-0.2, 0) is 65.2 Å². The Labute approximate surface area is 347 Å². The van der Waals surface area contributed by atoms with Gasteiger partial charge in [-0.1, -0.05) is 19.1 Å². The van der Waals surface area contributed by atoms with Gasteiger partial charge in [0, 0.05) is 28.3 Å². The van der Waals surface area contributed by atoms with E-state index < -0.39 is 83.3 Å². The lowest BCUT2D eigenvalue weighted by molar-refractivity contribution is -0.172. The van der Waals surface area contributed by atoms with Crippen LogP contribution in [0.5, 0.6) is 0 Å². The Bertz CT molecular complexity index is 2590. The molecular weight excluding hydrogens is 796 g/mol. The fraction of sp³-hybridized carbons (Fsp3) is 0.381. The van der Waals surface area contributed by atoms with Crippen molar-refractivity contribution >= 4 is 52.3 Å². The number of aryl methyl sites for hydroxylation is 1. The average molecular weight is 841 g/mol. The van der Waals surface area contributed by atoms with Crippen LogP contribution in [-0.4, -0.2) is 68.5 Å². The largest absolute Gasteiger partial charge is 0.458 e. The Morgan fingerprint density at radius 2 is 1.77 bits per heavy atom. The average Bonchev–Trinajstić information content (AvgIpc) is 3.59. The molecule has 0 bridgehead atoms. The van der Waals surface area contributed by atoms with E-state index in [4.69, 9.17) is 25.9 Å². The predicted molar refractivity (Wildman–Crippen MR) is 216 cm³/mol. The highest BCUT2D eigenvalue weighted by molar-refractivity contribution is 6.00. The van der Waals surface area contributed by atoms with Crippen molar-refractivity contribution in [1.29, 1.82) is 0 Å². The summed E-state index contributed by atoms with van der Waals surface area (Å²) in [4.78, 5) is 94.2. The zero-order valence-electron chi connectivity index (χ0n) is 33.8. The molecule has 0 fully saturated rings. The maximum Gasteiger partial charge on any atom is 0.407 e. The minimum Gasteiger partial charge on any atom is -0.458 e. The van der Waals surface area contributed by atoms with E-state index in [-0.39, 0.29) is 37.3 Å². The predicted octanol–water partition coefficient (Wildman–Crippen LogP) is 1.59. The van der Waals surface area contributed by atoms with E-state index in [1.807, 2.05) is 0 Å². The number of rotatable bonds is 12. The summed E-state index contributed by atoms with van der Waals surface area (Å²) in [5, 5.41) is 22.4. The Morgan fingerprint density at radius 3 is 2.44 bits per heavy atom. The van der Waals surface area contributed by atoms with Gasteiger partial charge in [0.25, 0.3) is 5.56 Å². The molecule has 5 atom stereocenters. The minimum atomic E-state index is -2.03. The van der Waals surface area contributed by atoms with Gasteiger partial charge in [0.05, 0.1) is 47.5 Å². The normalized spacial score (nSPS) is 18.7. The van der Waals surface area contributed by atoms with E-state index >= 15 is 4.39 Å². The van der Waals surface area contributed by atoms with Crippen molar-refractivity contribution in [2.45, 2.75) is 103 Å². The summed E-state index contributed by atoms with van der Waals surface area (Å²) in [6.07, 6.45) is -0.511. The first-order valence-electron chi connectivity index (χ1n) is 19.7. The summed E-state index contributed by atoms with van der Waals surface area (Å²) in [7, 11) is 0. The number of alkyl carbamates (subject to hydrolysis) is 1. The number of halogens is 1. The van der Waals surface area contributed by atoms with Crippen molar-refractivity contribution in [2.24, 2.45) is 11.5 Å². The summed E-state index contributed by atoms with van der Waals surface area (Å²) >= 11 is 0. The number of anilines is 1. The number of nitrogens with one attached hydrogen (secondary N) is 4. The zero-order valence-corrected chi connectivity index (χ0v) is 33.8. The number of aliphatic hydroxyl groups is 1. The Balaban J connectivity index is 1.07. The van der Waals surface area contributed by atoms with Gasteiger partial charge in [-0.25, -0.2) is 19.0 Å². The van der Waals surface area contributed by atoms with Crippen LogP contribution in [0, 0.1) is 12.7 Å². The van der Waals surface area contributed by atoms with Crippen LogP contribution in [0.3, 0.4) is 0 Å². The number of benzene rings is 2. The third-order valence-corrected chi connectivity index (χ3v) is 11.5. The van der Waals surface area contributed by atoms with Gasteiger partial charge in [-0.15, -0.1) is 0 Å². The van der Waals surface area contributed by atoms with E-state index in [0.717, 1.165) is 5.56 Å². The van der Waals surface area contributed by atoms with E-state index in [1.165, 1.54) is 36.6 Å². The molecule has 18 nitrogen and oxygen atoms in total. The molecule has 7 rings (SSSR count). The van der Waals surface area contributed by atoms with E-state index in [1.54, 1.807) is 32.0 Å². The number of hydrogen-bond acceptors (Lipinski definition) is 12. The first-order valence-corrected chi connectivity index (χ1v) is 19.7. The van der Waals surface area contributed by atoms with Crippen LogP contribution in [0.1, 0.15) is 85.0 Å². The van der Waals surface area contributed by atoms with Gasteiger partial charge < -0.3 is 51.9 Å². The number of amides is 5. The fourth-order valence-electron chi connectivity index (χ4n) is 8.06. The van der Waals surface area contributed by atoms with Crippen LogP contribution in [0.15, 0.2) is 41.2 Å². The smallest absolute Gasteiger partial charge is 0.407 e. The molecule has 0 unspecified atom stereocenters. The first-order chi connectivity index (χ1) is 28.9. The molecule has 4 heterocycles. The summed E-state index contributed by atoms with van der Waals surface area (Å²) in [5.74, 6) is -4.22. The second kappa shape index (κ2) is 16.4. The molecular formula is C42H45FN8O10. The molecule has 4 aromatic rings. The van der Waals surface area contributed by atoms with Crippen molar-refractivity contribution in [2.75, 3.05) is 5.32 Å². The zero-order chi connectivity index (χ0) is 44.1. The monoisotopic (exact) mass is 840 g/mol. The van der Waals surface area contributed by atoms with Crippen LogP contribution >= 0.6 is 0 Å². The van der Waals surface area contributed by atoms with Crippen LogP contribution in [0.25, 0.3) is 22.3 Å². The molecule has 0 radical (unpaired) electrons.